The lowest BCUT2D eigenvalue weighted by molar-refractivity contribution is 0.454. The van der Waals surface area contributed by atoms with Gasteiger partial charge in [0, 0.05) is 43.2 Å². The van der Waals surface area contributed by atoms with Crippen molar-refractivity contribution in [2.24, 2.45) is 4.99 Å². The number of nitrogens with two attached hydrogens (primary N) is 1. The van der Waals surface area contributed by atoms with E-state index < -0.39 is 0 Å². The molecular weight excluding hydrogens is 254 g/mol. The number of hydrogen-bond donors (Lipinski definition) is 1. The number of rotatable bonds is 3. The highest BCUT2D eigenvalue weighted by atomic mass is 32.1. The second-order valence-corrected chi connectivity index (χ2v) is 5.10. The Hall–Kier alpha value is -1.68. The predicted octanol–water partition coefficient (Wildman–Crippen LogP) is 2.51. The third-order valence-corrected chi connectivity index (χ3v) is 3.57. The molecule has 0 atom stereocenters. The fraction of sp³-hybridized carbons (Fsp3) is 0.267. The van der Waals surface area contributed by atoms with Gasteiger partial charge in [-0.05, 0) is 43.8 Å². The molecule has 0 fully saturated rings. The molecule has 1 aromatic rings. The summed E-state index contributed by atoms with van der Waals surface area (Å²) in [5.74, 6) is 0. The van der Waals surface area contributed by atoms with Crippen molar-refractivity contribution < 1.29 is 0 Å². The van der Waals surface area contributed by atoms with E-state index in [-0.39, 0.29) is 0 Å². The molecule has 0 saturated heterocycles. The second-order valence-electron chi connectivity index (χ2n) is 4.56. The van der Waals surface area contributed by atoms with Crippen LogP contribution in [0, 0.1) is 0 Å². The topological polar surface area (TPSA) is 41.6 Å². The molecule has 1 aliphatic carbocycles. The number of benzene rings is 1. The molecule has 3 nitrogen and oxygen atoms in total. The SMILES string of the molecule is CCN(C)C1=CCC(=Nc2ccc(N)cc2[SH2+])C=C1. The standard InChI is InChI=1S/C15H19N3S/c1-3-18(2)13-7-5-12(6-8-13)17-14-9-4-11(16)10-15(14)19/h4-5,7-10,19H,3,6,16H2,1-2H3/p+1. The van der Waals surface area contributed by atoms with Gasteiger partial charge in [-0.2, -0.15) is 0 Å². The van der Waals surface area contributed by atoms with E-state index in [0.717, 1.165) is 34.9 Å². The number of nitrogen functional groups attached to an aromatic ring is 1. The first-order valence-electron chi connectivity index (χ1n) is 6.38. The van der Waals surface area contributed by atoms with Gasteiger partial charge in [0.25, 0.3) is 0 Å². The maximum absolute atomic E-state index is 5.72. The molecule has 0 radical (unpaired) electrons. The first-order chi connectivity index (χ1) is 9.10. The molecular formula is C15H20N3S+. The normalized spacial score (nSPS) is 16.6. The number of allylic oxidation sites excluding steroid dienone is 3. The van der Waals surface area contributed by atoms with Crippen LogP contribution >= 0.6 is 0 Å². The lowest BCUT2D eigenvalue weighted by Gasteiger charge is -2.20. The summed E-state index contributed by atoms with van der Waals surface area (Å²) in [6.45, 7) is 3.15. The van der Waals surface area contributed by atoms with Crippen LogP contribution in [-0.4, -0.2) is 24.2 Å². The Morgan fingerprint density at radius 2 is 2.16 bits per heavy atom. The molecule has 1 aliphatic rings. The van der Waals surface area contributed by atoms with Crippen LogP contribution in [0.25, 0.3) is 0 Å². The molecule has 0 bridgehead atoms. The maximum atomic E-state index is 5.72. The van der Waals surface area contributed by atoms with E-state index in [4.69, 9.17) is 5.73 Å². The fourth-order valence-corrected chi connectivity index (χ4v) is 2.19. The highest BCUT2D eigenvalue weighted by Crippen LogP contribution is 2.23. The monoisotopic (exact) mass is 274 g/mol. The van der Waals surface area contributed by atoms with Crippen LogP contribution in [0.3, 0.4) is 0 Å². The molecule has 0 saturated carbocycles. The number of anilines is 1. The molecule has 1 aromatic carbocycles. The molecule has 100 valence electrons. The summed E-state index contributed by atoms with van der Waals surface area (Å²) in [5.41, 5.74) is 9.66. The van der Waals surface area contributed by atoms with Gasteiger partial charge in [-0.25, -0.2) is 4.99 Å². The lowest BCUT2D eigenvalue weighted by atomic mass is 10.1. The highest BCUT2D eigenvalue weighted by molar-refractivity contribution is 7.59. The van der Waals surface area contributed by atoms with Crippen LogP contribution in [0.4, 0.5) is 11.4 Å². The zero-order chi connectivity index (χ0) is 13.8. The Balaban J connectivity index is 2.16. The van der Waals surface area contributed by atoms with Gasteiger partial charge in [0.05, 0.1) is 0 Å². The van der Waals surface area contributed by atoms with E-state index in [0.29, 0.717) is 0 Å². The zero-order valence-electron chi connectivity index (χ0n) is 11.4. The third-order valence-electron chi connectivity index (χ3n) is 3.17. The quantitative estimate of drug-likeness (QED) is 0.679. The summed E-state index contributed by atoms with van der Waals surface area (Å²) in [5, 5.41) is 0. The molecule has 2 rings (SSSR count). The first-order valence-corrected chi connectivity index (χ1v) is 6.88. The summed E-state index contributed by atoms with van der Waals surface area (Å²) < 4.78 is 0. The number of aliphatic imine (C=N–C) groups is 1. The van der Waals surface area contributed by atoms with Crippen LogP contribution in [0.5, 0.6) is 0 Å². The molecule has 4 heteroatoms. The van der Waals surface area contributed by atoms with Crippen LogP contribution < -0.4 is 5.73 Å². The smallest absolute Gasteiger partial charge is 0.177 e. The third kappa shape index (κ3) is 3.41. The van der Waals surface area contributed by atoms with E-state index in [1.165, 1.54) is 5.70 Å². The van der Waals surface area contributed by atoms with Crippen LogP contribution in [0.1, 0.15) is 13.3 Å². The molecule has 0 amide bonds. The minimum atomic E-state index is 0.736. The van der Waals surface area contributed by atoms with Gasteiger partial charge < -0.3 is 10.6 Å². The molecule has 0 heterocycles. The molecule has 19 heavy (non-hydrogen) atoms. The van der Waals surface area contributed by atoms with Gasteiger partial charge in [-0.15, -0.1) is 0 Å². The van der Waals surface area contributed by atoms with Crippen molar-refractivity contribution in [3.05, 3.63) is 42.1 Å². The Labute approximate surface area is 119 Å². The number of hydrogen-bond acceptors (Lipinski definition) is 3. The van der Waals surface area contributed by atoms with Gasteiger partial charge in [0.2, 0.25) is 0 Å². The first kappa shape index (κ1) is 13.7. The van der Waals surface area contributed by atoms with Gasteiger partial charge >= 0.3 is 0 Å². The summed E-state index contributed by atoms with van der Waals surface area (Å²) in [4.78, 5) is 7.77. The van der Waals surface area contributed by atoms with Crippen molar-refractivity contribution >= 4 is 29.7 Å². The summed E-state index contributed by atoms with van der Waals surface area (Å²) in [7, 11) is 2.09. The van der Waals surface area contributed by atoms with Gasteiger partial charge in [-0.1, -0.05) is 6.08 Å². The average Bonchev–Trinajstić information content (AvgIpc) is 2.42. The van der Waals surface area contributed by atoms with Gasteiger partial charge in [0.15, 0.2) is 4.90 Å². The van der Waals surface area contributed by atoms with E-state index in [9.17, 15) is 0 Å². The number of likely N-dealkylation sites (N-methyl/N-ethyl adjacent to an activating group) is 1. The zero-order valence-corrected chi connectivity index (χ0v) is 12.4. The van der Waals surface area contributed by atoms with Crippen LogP contribution in [0.15, 0.2) is 52.0 Å². The molecule has 0 aromatic heterocycles. The van der Waals surface area contributed by atoms with Crippen molar-refractivity contribution in [2.45, 2.75) is 18.2 Å². The fourth-order valence-electron chi connectivity index (χ4n) is 1.88. The van der Waals surface area contributed by atoms with E-state index >= 15 is 0 Å². The van der Waals surface area contributed by atoms with E-state index in [2.05, 4.69) is 54.7 Å². The minimum absolute atomic E-state index is 0.736. The van der Waals surface area contributed by atoms with Crippen LogP contribution in [-0.2, 0) is 12.6 Å². The Morgan fingerprint density at radius 3 is 2.74 bits per heavy atom. The molecule has 0 aliphatic heterocycles. The van der Waals surface area contributed by atoms with Gasteiger partial charge in [-0.3, -0.25) is 0 Å². The highest BCUT2D eigenvalue weighted by Gasteiger charge is 2.08. The Bertz CT molecular complexity index is 559. The maximum Gasteiger partial charge on any atom is 0.177 e. The minimum Gasteiger partial charge on any atom is -0.399 e. The lowest BCUT2D eigenvalue weighted by Crippen LogP contribution is -2.17. The Morgan fingerprint density at radius 1 is 1.37 bits per heavy atom. The Kier molecular flexibility index (Phi) is 4.32. The molecule has 0 spiro atoms. The van der Waals surface area contributed by atoms with Crippen molar-refractivity contribution in [2.75, 3.05) is 19.3 Å². The van der Waals surface area contributed by atoms with Crippen molar-refractivity contribution in [3.63, 3.8) is 0 Å². The van der Waals surface area contributed by atoms with Crippen LogP contribution in [0.2, 0.25) is 0 Å². The predicted molar refractivity (Wildman–Crippen MR) is 86.5 cm³/mol. The summed E-state index contributed by atoms with van der Waals surface area (Å²) >= 11 is 3.54. The average molecular weight is 274 g/mol. The van der Waals surface area contributed by atoms with Crippen molar-refractivity contribution in [1.29, 1.82) is 0 Å². The molecule has 0 unspecified atom stereocenters. The van der Waals surface area contributed by atoms with E-state index in [1.807, 2.05) is 18.2 Å². The van der Waals surface area contributed by atoms with Crippen molar-refractivity contribution in [3.8, 4) is 0 Å². The van der Waals surface area contributed by atoms with E-state index in [1.54, 1.807) is 0 Å². The summed E-state index contributed by atoms with van der Waals surface area (Å²) in [6.07, 6.45) is 7.24. The largest absolute Gasteiger partial charge is 0.399 e. The number of nitrogens with zero attached hydrogens (tertiary/aromatic N) is 2. The molecule has 2 N–H and O–H groups in total. The van der Waals surface area contributed by atoms with Crippen molar-refractivity contribution in [1.82, 2.24) is 4.90 Å². The van der Waals surface area contributed by atoms with Gasteiger partial charge in [0.1, 0.15) is 5.69 Å². The second kappa shape index (κ2) is 5.97. The summed E-state index contributed by atoms with van der Waals surface area (Å²) in [6, 6.07) is 5.66.